The van der Waals surface area contributed by atoms with E-state index in [2.05, 4.69) is 5.16 Å². The molecule has 14 heavy (non-hydrogen) atoms. The largest absolute Gasteiger partial charge is 0.481 e. The minimum Gasteiger partial charge on any atom is -0.481 e. The molecule has 2 rings (SSSR count). The zero-order chi connectivity index (χ0) is 10.5. The summed E-state index contributed by atoms with van der Waals surface area (Å²) in [5.74, 6) is -4.07. The molecule has 6 nitrogen and oxygen atoms in total. The summed E-state index contributed by atoms with van der Waals surface area (Å²) in [6.45, 7) is 0. The lowest BCUT2D eigenvalue weighted by Gasteiger charge is -2.08. The van der Waals surface area contributed by atoms with Crippen LogP contribution in [0.2, 0.25) is 0 Å². The summed E-state index contributed by atoms with van der Waals surface area (Å²) in [7, 11) is 0. The Balaban J connectivity index is 2.20. The van der Waals surface area contributed by atoms with Crippen LogP contribution in [0.5, 0.6) is 0 Å². The van der Waals surface area contributed by atoms with Crippen LogP contribution in [0, 0.1) is 23.7 Å². The molecule has 3 N–H and O–H groups in total. The Kier molecular flexibility index (Phi) is 1.73. The van der Waals surface area contributed by atoms with E-state index in [0.29, 0.717) is 0 Å². The molecule has 2 aliphatic carbocycles. The fraction of sp³-hybridized carbons (Fsp3) is 0.625. The Labute approximate surface area is 78.8 Å². The average Bonchev–Trinajstić information content (AvgIpc) is 2.67. The molecule has 4 unspecified atom stereocenters. The Morgan fingerprint density at radius 2 is 1.93 bits per heavy atom. The van der Waals surface area contributed by atoms with Crippen LogP contribution in [0.15, 0.2) is 5.16 Å². The first-order valence-corrected chi connectivity index (χ1v) is 4.24. The third-order valence-corrected chi connectivity index (χ3v) is 3.10. The second-order valence-electron chi connectivity index (χ2n) is 3.72. The SMILES string of the molecule is O=C(O)C1C(=NO)CC2C(C(=O)O)C12. The highest BCUT2D eigenvalue weighted by atomic mass is 16.4. The molecule has 0 aliphatic heterocycles. The lowest BCUT2D eigenvalue weighted by Crippen LogP contribution is -2.25. The van der Waals surface area contributed by atoms with E-state index in [-0.39, 0.29) is 24.0 Å². The molecule has 4 atom stereocenters. The molecule has 0 heterocycles. The first-order chi connectivity index (χ1) is 6.57. The maximum absolute atomic E-state index is 10.8. The molecule has 0 aromatic carbocycles. The van der Waals surface area contributed by atoms with E-state index < -0.39 is 23.8 Å². The topological polar surface area (TPSA) is 107 Å². The summed E-state index contributed by atoms with van der Waals surface area (Å²) in [5.41, 5.74) is 0.199. The average molecular weight is 199 g/mol. The van der Waals surface area contributed by atoms with Gasteiger partial charge in [-0.3, -0.25) is 9.59 Å². The molecule has 2 aliphatic rings. The molecule has 0 aromatic heterocycles. The van der Waals surface area contributed by atoms with Gasteiger partial charge < -0.3 is 15.4 Å². The Hall–Kier alpha value is -1.59. The molecule has 76 valence electrons. The molecule has 0 bridgehead atoms. The van der Waals surface area contributed by atoms with E-state index in [9.17, 15) is 9.59 Å². The molecule has 2 saturated carbocycles. The zero-order valence-corrected chi connectivity index (χ0v) is 7.12. The van der Waals surface area contributed by atoms with Gasteiger partial charge in [0.2, 0.25) is 0 Å². The fourth-order valence-electron chi connectivity index (χ4n) is 2.47. The first kappa shape index (κ1) is 8.98. The number of hydrogen-bond acceptors (Lipinski definition) is 4. The number of rotatable bonds is 2. The Morgan fingerprint density at radius 3 is 2.36 bits per heavy atom. The normalized spacial score (nSPS) is 42.1. The number of nitrogens with zero attached hydrogens (tertiary/aromatic N) is 1. The lowest BCUT2D eigenvalue weighted by molar-refractivity contribution is -0.141. The van der Waals surface area contributed by atoms with Crippen LogP contribution in [-0.2, 0) is 9.59 Å². The van der Waals surface area contributed by atoms with Crippen molar-refractivity contribution in [3.63, 3.8) is 0 Å². The summed E-state index contributed by atoms with van der Waals surface area (Å²) in [6.07, 6.45) is 0.287. The third kappa shape index (κ3) is 0.997. The molecule has 0 aromatic rings. The van der Waals surface area contributed by atoms with Crippen molar-refractivity contribution in [1.82, 2.24) is 0 Å². The van der Waals surface area contributed by atoms with Crippen LogP contribution < -0.4 is 0 Å². The van der Waals surface area contributed by atoms with Crippen molar-refractivity contribution < 1.29 is 25.0 Å². The third-order valence-electron chi connectivity index (χ3n) is 3.10. The second-order valence-corrected chi connectivity index (χ2v) is 3.72. The lowest BCUT2D eigenvalue weighted by atomic mass is 9.98. The number of fused-ring (bicyclic) bond motifs is 1. The highest BCUT2D eigenvalue weighted by Gasteiger charge is 2.66. The fourth-order valence-corrected chi connectivity index (χ4v) is 2.47. The maximum Gasteiger partial charge on any atom is 0.312 e. The van der Waals surface area contributed by atoms with E-state index in [0.717, 1.165) is 0 Å². The number of carboxylic acid groups (broad SMARTS) is 2. The van der Waals surface area contributed by atoms with Crippen molar-refractivity contribution in [2.45, 2.75) is 6.42 Å². The van der Waals surface area contributed by atoms with Gasteiger partial charge in [0.25, 0.3) is 0 Å². The van der Waals surface area contributed by atoms with Crippen LogP contribution in [0.4, 0.5) is 0 Å². The van der Waals surface area contributed by atoms with Crippen LogP contribution in [0.3, 0.4) is 0 Å². The molecule has 0 spiro atoms. The standard InChI is InChI=1S/C8H9NO5/c10-7(11)5-2-1-3(9-14)6(4(2)5)8(12)13/h2,4-6,14H,1H2,(H,10,11)(H,12,13). The number of aliphatic carboxylic acids is 2. The molecule has 6 heteroatoms. The number of carboxylic acids is 2. The Morgan fingerprint density at radius 1 is 1.29 bits per heavy atom. The van der Waals surface area contributed by atoms with Crippen molar-refractivity contribution in [1.29, 1.82) is 0 Å². The minimum atomic E-state index is -1.10. The van der Waals surface area contributed by atoms with Crippen LogP contribution >= 0.6 is 0 Å². The summed E-state index contributed by atoms with van der Waals surface area (Å²) >= 11 is 0. The quantitative estimate of drug-likeness (QED) is 0.424. The highest BCUT2D eigenvalue weighted by Crippen LogP contribution is 2.59. The molecular formula is C8H9NO5. The summed E-state index contributed by atoms with van der Waals surface area (Å²) in [6, 6.07) is 0. The molecule has 0 amide bonds. The van der Waals surface area contributed by atoms with Crippen molar-refractivity contribution in [2.24, 2.45) is 28.8 Å². The van der Waals surface area contributed by atoms with E-state index in [4.69, 9.17) is 15.4 Å². The van der Waals surface area contributed by atoms with Gasteiger partial charge in [-0.15, -0.1) is 0 Å². The second kappa shape index (κ2) is 2.70. The van der Waals surface area contributed by atoms with Gasteiger partial charge in [0.15, 0.2) is 0 Å². The van der Waals surface area contributed by atoms with Crippen LogP contribution in [-0.4, -0.2) is 33.1 Å². The van der Waals surface area contributed by atoms with Gasteiger partial charge in [0.1, 0.15) is 5.92 Å². The highest BCUT2D eigenvalue weighted by molar-refractivity contribution is 6.06. The smallest absolute Gasteiger partial charge is 0.312 e. The van der Waals surface area contributed by atoms with Gasteiger partial charge in [0.05, 0.1) is 11.6 Å². The molecule has 0 radical (unpaired) electrons. The zero-order valence-electron chi connectivity index (χ0n) is 7.12. The van der Waals surface area contributed by atoms with Crippen molar-refractivity contribution in [3.8, 4) is 0 Å². The summed E-state index contributed by atoms with van der Waals surface area (Å²) in [5, 5.41) is 29.0. The van der Waals surface area contributed by atoms with Crippen molar-refractivity contribution in [3.05, 3.63) is 0 Å². The molecule has 0 saturated heterocycles. The predicted octanol–water partition coefficient (Wildman–Crippen LogP) is -0.132. The number of carbonyl (C=O) groups is 2. The van der Waals surface area contributed by atoms with Crippen molar-refractivity contribution in [2.75, 3.05) is 0 Å². The van der Waals surface area contributed by atoms with Gasteiger partial charge in [-0.05, 0) is 18.3 Å². The van der Waals surface area contributed by atoms with Gasteiger partial charge >= 0.3 is 11.9 Å². The summed E-state index contributed by atoms with van der Waals surface area (Å²) < 4.78 is 0. The Bertz CT molecular complexity index is 337. The van der Waals surface area contributed by atoms with Gasteiger partial charge in [-0.25, -0.2) is 0 Å². The van der Waals surface area contributed by atoms with E-state index in [1.54, 1.807) is 0 Å². The van der Waals surface area contributed by atoms with Crippen LogP contribution in [0.1, 0.15) is 6.42 Å². The van der Waals surface area contributed by atoms with E-state index >= 15 is 0 Å². The number of hydrogen-bond donors (Lipinski definition) is 3. The summed E-state index contributed by atoms with van der Waals surface area (Å²) in [4.78, 5) is 21.4. The molecular weight excluding hydrogens is 190 g/mol. The van der Waals surface area contributed by atoms with E-state index in [1.807, 2.05) is 0 Å². The van der Waals surface area contributed by atoms with Crippen molar-refractivity contribution >= 4 is 17.7 Å². The monoisotopic (exact) mass is 199 g/mol. The van der Waals surface area contributed by atoms with Gasteiger partial charge in [-0.2, -0.15) is 0 Å². The van der Waals surface area contributed by atoms with E-state index in [1.165, 1.54) is 0 Å². The predicted molar refractivity (Wildman–Crippen MR) is 43.1 cm³/mol. The minimum absolute atomic E-state index is 0.153. The van der Waals surface area contributed by atoms with Gasteiger partial charge in [0, 0.05) is 0 Å². The molecule has 2 fully saturated rings. The first-order valence-electron chi connectivity index (χ1n) is 4.24. The maximum atomic E-state index is 10.8. The van der Waals surface area contributed by atoms with Crippen LogP contribution in [0.25, 0.3) is 0 Å². The van der Waals surface area contributed by atoms with Gasteiger partial charge in [-0.1, -0.05) is 5.16 Å². The number of oxime groups is 1.